The zero-order chi connectivity index (χ0) is 23.1. The molecular formula is C19H21Cl2N3O5S2. The summed E-state index contributed by atoms with van der Waals surface area (Å²) >= 11 is 12.1. The van der Waals surface area contributed by atoms with Gasteiger partial charge in [-0.3, -0.25) is 9.10 Å². The fourth-order valence-corrected chi connectivity index (χ4v) is 5.66. The Labute approximate surface area is 192 Å². The van der Waals surface area contributed by atoms with Gasteiger partial charge in [-0.2, -0.15) is 0 Å². The van der Waals surface area contributed by atoms with Crippen LogP contribution in [-0.4, -0.2) is 60.5 Å². The summed E-state index contributed by atoms with van der Waals surface area (Å²) in [7, 11) is -4.53. The fourth-order valence-electron chi connectivity index (χ4n) is 3.28. The van der Waals surface area contributed by atoms with Gasteiger partial charge in [0.15, 0.2) is 0 Å². The van der Waals surface area contributed by atoms with E-state index in [0.29, 0.717) is 29.2 Å². The number of hydrogen-bond donors (Lipinski definition) is 0. The van der Waals surface area contributed by atoms with E-state index in [1.165, 1.54) is 43.3 Å². The molecule has 0 atom stereocenters. The first-order valence-electron chi connectivity index (χ1n) is 9.11. The van der Waals surface area contributed by atoms with Gasteiger partial charge in [-0.25, -0.2) is 21.1 Å². The van der Waals surface area contributed by atoms with Crippen LogP contribution in [0.1, 0.15) is 5.56 Å². The molecule has 2 aromatic rings. The number of benzene rings is 2. The summed E-state index contributed by atoms with van der Waals surface area (Å²) in [6.45, 7) is -0.150. The molecule has 0 saturated heterocycles. The highest BCUT2D eigenvalue weighted by Gasteiger charge is 2.31. The van der Waals surface area contributed by atoms with E-state index in [4.69, 9.17) is 23.2 Å². The Hall–Kier alpha value is -1.85. The molecule has 0 unspecified atom stereocenters. The molecular weight excluding hydrogens is 485 g/mol. The van der Waals surface area contributed by atoms with Crippen LogP contribution in [0, 0.1) is 0 Å². The Kier molecular flexibility index (Phi) is 6.60. The van der Waals surface area contributed by atoms with Gasteiger partial charge < -0.3 is 4.90 Å². The summed E-state index contributed by atoms with van der Waals surface area (Å²) in [5.74, 6) is -0.460. The zero-order valence-electron chi connectivity index (χ0n) is 17.0. The minimum absolute atomic E-state index is 0.103. The van der Waals surface area contributed by atoms with Crippen LogP contribution in [0.3, 0.4) is 0 Å². The fraction of sp³-hybridized carbons (Fsp3) is 0.316. The lowest BCUT2D eigenvalue weighted by molar-refractivity contribution is -0.117. The summed E-state index contributed by atoms with van der Waals surface area (Å²) in [5, 5.41) is 0.441. The summed E-state index contributed by atoms with van der Waals surface area (Å²) in [4.78, 5) is 14.6. The molecule has 0 radical (unpaired) electrons. The number of nitrogens with zero attached hydrogens (tertiary/aromatic N) is 3. The van der Waals surface area contributed by atoms with Crippen molar-refractivity contribution in [1.82, 2.24) is 4.31 Å². The predicted molar refractivity (Wildman–Crippen MR) is 122 cm³/mol. The van der Waals surface area contributed by atoms with Gasteiger partial charge in [0.25, 0.3) is 0 Å². The molecule has 168 valence electrons. The average molecular weight is 506 g/mol. The van der Waals surface area contributed by atoms with Gasteiger partial charge in [0.1, 0.15) is 6.54 Å². The third-order valence-corrected chi connectivity index (χ3v) is 8.36. The first kappa shape index (κ1) is 23.8. The van der Waals surface area contributed by atoms with Crippen molar-refractivity contribution in [3.05, 3.63) is 52.0 Å². The van der Waals surface area contributed by atoms with Gasteiger partial charge in [0.05, 0.1) is 21.9 Å². The van der Waals surface area contributed by atoms with Gasteiger partial charge in [0, 0.05) is 31.4 Å². The van der Waals surface area contributed by atoms with E-state index < -0.39 is 32.5 Å². The topological polar surface area (TPSA) is 95.1 Å². The quantitative estimate of drug-likeness (QED) is 0.601. The lowest BCUT2D eigenvalue weighted by Gasteiger charge is -2.26. The molecule has 0 fully saturated rings. The van der Waals surface area contributed by atoms with E-state index in [1.807, 2.05) is 0 Å². The minimum Gasteiger partial charge on any atom is -0.310 e. The summed E-state index contributed by atoms with van der Waals surface area (Å²) in [6.07, 6.45) is 1.44. The lowest BCUT2D eigenvalue weighted by Crippen LogP contribution is -2.42. The summed E-state index contributed by atoms with van der Waals surface area (Å²) in [5.41, 5.74) is 1.40. The van der Waals surface area contributed by atoms with Crippen LogP contribution < -0.4 is 9.21 Å². The number of sulfonamides is 2. The first-order valence-corrected chi connectivity index (χ1v) is 13.2. The standard InChI is InChI=1S/C19H21Cl2N3O5S2/c1-22(2)31(28,29)15-5-7-17-13(10-15)8-9-23(17)19(25)12-24(30(3,26)27)18-6-4-14(20)11-16(18)21/h4-7,10-11H,8-9,12H2,1-3H3. The molecule has 0 saturated carbocycles. The highest BCUT2D eigenvalue weighted by Crippen LogP contribution is 2.33. The predicted octanol–water partition coefficient (Wildman–Crippen LogP) is 2.60. The summed E-state index contributed by atoms with van der Waals surface area (Å²) in [6, 6.07) is 8.88. The smallest absolute Gasteiger partial charge is 0.247 e. The molecule has 1 aliphatic rings. The Morgan fingerprint density at radius 2 is 1.74 bits per heavy atom. The van der Waals surface area contributed by atoms with Crippen LogP contribution in [0.5, 0.6) is 0 Å². The Bertz CT molecular complexity index is 1250. The minimum atomic E-state index is -3.82. The molecule has 3 rings (SSSR count). The number of hydrogen-bond acceptors (Lipinski definition) is 5. The molecule has 0 bridgehead atoms. The molecule has 0 N–H and O–H groups in total. The number of halogens is 2. The molecule has 8 nitrogen and oxygen atoms in total. The Balaban J connectivity index is 1.91. The van der Waals surface area contributed by atoms with Gasteiger partial charge >= 0.3 is 0 Å². The molecule has 31 heavy (non-hydrogen) atoms. The average Bonchev–Trinajstić information content (AvgIpc) is 3.09. The van der Waals surface area contributed by atoms with Crippen LogP contribution in [0.15, 0.2) is 41.3 Å². The number of fused-ring (bicyclic) bond motifs is 1. The molecule has 1 heterocycles. The monoisotopic (exact) mass is 505 g/mol. The first-order chi connectivity index (χ1) is 14.3. The molecule has 0 spiro atoms. The highest BCUT2D eigenvalue weighted by molar-refractivity contribution is 7.92. The van der Waals surface area contributed by atoms with Gasteiger partial charge in [-0.1, -0.05) is 23.2 Å². The van der Waals surface area contributed by atoms with Gasteiger partial charge in [0.2, 0.25) is 26.0 Å². The molecule has 2 aromatic carbocycles. The maximum absolute atomic E-state index is 13.0. The molecule has 1 amide bonds. The van der Waals surface area contributed by atoms with Gasteiger partial charge in [-0.15, -0.1) is 0 Å². The second kappa shape index (κ2) is 8.59. The maximum atomic E-state index is 13.0. The van der Waals surface area contributed by atoms with Crippen LogP contribution in [0.2, 0.25) is 10.0 Å². The largest absolute Gasteiger partial charge is 0.310 e. The van der Waals surface area contributed by atoms with E-state index in [1.54, 1.807) is 12.1 Å². The van der Waals surface area contributed by atoms with Crippen LogP contribution in [0.4, 0.5) is 11.4 Å². The number of amides is 1. The third-order valence-electron chi connectivity index (χ3n) is 4.88. The lowest BCUT2D eigenvalue weighted by atomic mass is 10.2. The van der Waals surface area contributed by atoms with Crippen molar-refractivity contribution in [3.8, 4) is 0 Å². The normalized spacial score (nSPS) is 14.1. The van der Waals surface area contributed by atoms with E-state index in [2.05, 4.69) is 0 Å². The van der Waals surface area contributed by atoms with Crippen LogP contribution in [0.25, 0.3) is 0 Å². The second-order valence-electron chi connectivity index (χ2n) is 7.24. The molecule has 12 heteroatoms. The molecule has 0 aliphatic carbocycles. The van der Waals surface area contributed by atoms with Crippen molar-refractivity contribution in [3.63, 3.8) is 0 Å². The van der Waals surface area contributed by atoms with Crippen LogP contribution >= 0.6 is 23.2 Å². The highest BCUT2D eigenvalue weighted by atomic mass is 35.5. The Morgan fingerprint density at radius 1 is 1.06 bits per heavy atom. The third kappa shape index (κ3) is 4.83. The van der Waals surface area contributed by atoms with Crippen molar-refractivity contribution in [2.24, 2.45) is 0 Å². The van der Waals surface area contributed by atoms with E-state index in [9.17, 15) is 21.6 Å². The van der Waals surface area contributed by atoms with Crippen molar-refractivity contribution >= 4 is 60.5 Å². The van der Waals surface area contributed by atoms with Gasteiger partial charge in [-0.05, 0) is 48.4 Å². The molecule has 1 aliphatic heterocycles. The SMILES string of the molecule is CN(C)S(=O)(=O)c1ccc2c(c1)CCN2C(=O)CN(c1ccc(Cl)cc1Cl)S(C)(=O)=O. The van der Waals surface area contributed by atoms with E-state index in [0.717, 1.165) is 14.9 Å². The van der Waals surface area contributed by atoms with E-state index >= 15 is 0 Å². The zero-order valence-corrected chi connectivity index (χ0v) is 20.2. The van der Waals surface area contributed by atoms with Crippen molar-refractivity contribution < 1.29 is 21.6 Å². The Morgan fingerprint density at radius 3 is 2.32 bits per heavy atom. The number of carbonyl (C=O) groups is 1. The summed E-state index contributed by atoms with van der Waals surface area (Å²) < 4.78 is 51.5. The van der Waals surface area contributed by atoms with Crippen LogP contribution in [-0.2, 0) is 31.3 Å². The number of rotatable bonds is 6. The molecule has 0 aromatic heterocycles. The van der Waals surface area contributed by atoms with Crippen molar-refractivity contribution in [2.75, 3.05) is 42.6 Å². The second-order valence-corrected chi connectivity index (χ2v) is 12.1. The van der Waals surface area contributed by atoms with E-state index in [-0.39, 0.29) is 15.6 Å². The number of carbonyl (C=O) groups excluding carboxylic acids is 1. The van der Waals surface area contributed by atoms with Crippen molar-refractivity contribution in [1.29, 1.82) is 0 Å². The maximum Gasteiger partial charge on any atom is 0.247 e. The van der Waals surface area contributed by atoms with Crippen molar-refractivity contribution in [2.45, 2.75) is 11.3 Å². The number of anilines is 2.